The smallest absolute Gasteiger partial charge is 0.321 e. The number of benzene rings is 1. The Morgan fingerprint density at radius 1 is 1.00 bits per heavy atom. The summed E-state index contributed by atoms with van der Waals surface area (Å²) >= 11 is 5.64. The lowest BCUT2D eigenvalue weighted by molar-refractivity contribution is -0.133. The molecule has 2 fully saturated rings. The van der Waals surface area contributed by atoms with E-state index in [4.69, 9.17) is 11.6 Å². The molecule has 0 saturated carbocycles. The van der Waals surface area contributed by atoms with Crippen LogP contribution in [0.3, 0.4) is 0 Å². The van der Waals surface area contributed by atoms with E-state index in [0.29, 0.717) is 38.4 Å². The van der Waals surface area contributed by atoms with Crippen molar-refractivity contribution in [2.75, 3.05) is 51.1 Å². The van der Waals surface area contributed by atoms with Gasteiger partial charge in [-0.05, 0) is 37.5 Å². The molecule has 2 aliphatic heterocycles. The molecule has 26 heavy (non-hydrogen) atoms. The van der Waals surface area contributed by atoms with Crippen LogP contribution in [-0.2, 0) is 4.79 Å². The largest absolute Gasteiger partial charge is 0.342 e. The molecule has 0 bridgehead atoms. The molecule has 8 heteroatoms. The average Bonchev–Trinajstić information content (AvgIpc) is 2.66. The van der Waals surface area contributed by atoms with Crippen LogP contribution in [0.1, 0.15) is 19.3 Å². The molecule has 0 aliphatic carbocycles. The van der Waals surface area contributed by atoms with Crippen LogP contribution < -0.4 is 5.32 Å². The topological polar surface area (TPSA) is 55.9 Å². The van der Waals surface area contributed by atoms with Gasteiger partial charge in [-0.3, -0.25) is 9.69 Å². The third kappa shape index (κ3) is 4.86. The summed E-state index contributed by atoms with van der Waals surface area (Å²) in [4.78, 5) is 30.3. The predicted octanol–water partition coefficient (Wildman–Crippen LogP) is 2.64. The summed E-state index contributed by atoms with van der Waals surface area (Å²) in [5, 5.41) is 2.70. The molecule has 2 saturated heterocycles. The Bertz CT molecular complexity index is 659. The number of piperidine rings is 1. The Balaban J connectivity index is 1.44. The second-order valence-corrected chi connectivity index (χ2v) is 7.17. The number of urea groups is 1. The maximum Gasteiger partial charge on any atom is 0.321 e. The molecule has 3 rings (SSSR count). The van der Waals surface area contributed by atoms with E-state index in [1.807, 2.05) is 4.90 Å². The van der Waals surface area contributed by atoms with Gasteiger partial charge in [-0.25, -0.2) is 9.18 Å². The summed E-state index contributed by atoms with van der Waals surface area (Å²) < 4.78 is 13.5. The van der Waals surface area contributed by atoms with Gasteiger partial charge in [0.1, 0.15) is 5.82 Å². The van der Waals surface area contributed by atoms with Gasteiger partial charge in [0, 0.05) is 45.0 Å². The Labute approximate surface area is 157 Å². The number of nitrogens with zero attached hydrogens (tertiary/aromatic N) is 3. The van der Waals surface area contributed by atoms with Crippen molar-refractivity contribution in [1.82, 2.24) is 14.7 Å². The minimum absolute atomic E-state index is 0.0231. The van der Waals surface area contributed by atoms with Gasteiger partial charge in [0.25, 0.3) is 0 Å². The number of carbonyl (C=O) groups is 2. The molecular formula is C18H24ClFN4O2. The van der Waals surface area contributed by atoms with Gasteiger partial charge in [-0.1, -0.05) is 11.6 Å². The molecule has 0 radical (unpaired) electrons. The lowest BCUT2D eigenvalue weighted by Gasteiger charge is -2.36. The quantitative estimate of drug-likeness (QED) is 0.874. The van der Waals surface area contributed by atoms with Crippen LogP contribution in [0.15, 0.2) is 18.2 Å². The molecule has 0 spiro atoms. The minimum atomic E-state index is -0.564. The van der Waals surface area contributed by atoms with E-state index in [0.717, 1.165) is 25.9 Å². The number of anilines is 1. The highest BCUT2D eigenvalue weighted by Crippen LogP contribution is 2.19. The van der Waals surface area contributed by atoms with E-state index in [1.54, 1.807) is 11.0 Å². The standard InChI is InChI=1S/C18H24ClFN4O2/c19-15-5-4-14(12-16(15)20)21-18(26)24-10-8-22(9-11-24)13-17(25)23-6-2-1-3-7-23/h4-5,12H,1-3,6-11,13H2,(H,21,26). The maximum atomic E-state index is 13.5. The highest BCUT2D eigenvalue weighted by Gasteiger charge is 2.25. The van der Waals surface area contributed by atoms with Gasteiger partial charge in [-0.15, -0.1) is 0 Å². The van der Waals surface area contributed by atoms with Crippen LogP contribution in [0.25, 0.3) is 0 Å². The van der Waals surface area contributed by atoms with E-state index in [9.17, 15) is 14.0 Å². The SMILES string of the molecule is O=C(CN1CCN(C(=O)Nc2ccc(Cl)c(F)c2)CC1)N1CCCCC1. The summed E-state index contributed by atoms with van der Waals surface area (Å²) in [5.74, 6) is -0.384. The Morgan fingerprint density at radius 2 is 1.69 bits per heavy atom. The highest BCUT2D eigenvalue weighted by molar-refractivity contribution is 6.30. The van der Waals surface area contributed by atoms with E-state index in [-0.39, 0.29) is 17.0 Å². The van der Waals surface area contributed by atoms with E-state index in [1.165, 1.54) is 18.6 Å². The molecule has 142 valence electrons. The molecule has 2 heterocycles. The van der Waals surface area contributed by atoms with Crippen LogP contribution in [0, 0.1) is 5.82 Å². The predicted molar refractivity (Wildman–Crippen MR) is 98.9 cm³/mol. The van der Waals surface area contributed by atoms with Gasteiger partial charge in [0.05, 0.1) is 11.6 Å². The number of hydrogen-bond donors (Lipinski definition) is 1. The normalized spacial score (nSPS) is 18.7. The van der Waals surface area contributed by atoms with Gasteiger partial charge in [-0.2, -0.15) is 0 Å². The molecule has 1 aromatic carbocycles. The zero-order valence-corrected chi connectivity index (χ0v) is 15.5. The molecule has 0 atom stereocenters. The van der Waals surface area contributed by atoms with Gasteiger partial charge in [0.2, 0.25) is 5.91 Å². The van der Waals surface area contributed by atoms with Crippen molar-refractivity contribution < 1.29 is 14.0 Å². The fraction of sp³-hybridized carbons (Fsp3) is 0.556. The van der Waals surface area contributed by atoms with Crippen molar-refractivity contribution in [1.29, 1.82) is 0 Å². The molecule has 2 aliphatic rings. The van der Waals surface area contributed by atoms with Gasteiger partial charge in [0.15, 0.2) is 0 Å². The van der Waals surface area contributed by atoms with Crippen LogP contribution in [-0.4, -0.2) is 72.5 Å². The summed E-state index contributed by atoms with van der Waals surface area (Å²) in [7, 11) is 0. The first-order valence-corrected chi connectivity index (χ1v) is 9.42. The number of piperazine rings is 1. The summed E-state index contributed by atoms with van der Waals surface area (Å²) in [6.07, 6.45) is 3.38. The number of hydrogen-bond acceptors (Lipinski definition) is 3. The average molecular weight is 383 g/mol. The van der Waals surface area contributed by atoms with E-state index < -0.39 is 5.82 Å². The number of likely N-dealkylation sites (tertiary alicyclic amines) is 1. The molecule has 0 aromatic heterocycles. The van der Waals surface area contributed by atoms with Crippen LogP contribution >= 0.6 is 11.6 Å². The monoisotopic (exact) mass is 382 g/mol. The van der Waals surface area contributed by atoms with Crippen LogP contribution in [0.5, 0.6) is 0 Å². The number of amides is 3. The van der Waals surface area contributed by atoms with E-state index in [2.05, 4.69) is 10.2 Å². The summed E-state index contributed by atoms with van der Waals surface area (Å²) in [6.45, 7) is 4.52. The molecule has 3 amide bonds. The highest BCUT2D eigenvalue weighted by atomic mass is 35.5. The van der Waals surface area contributed by atoms with Crippen LogP contribution in [0.2, 0.25) is 5.02 Å². The molecular weight excluding hydrogens is 359 g/mol. The first kappa shape index (κ1) is 18.9. The Kier molecular flexibility index (Phi) is 6.32. The summed E-state index contributed by atoms with van der Waals surface area (Å²) in [6, 6.07) is 3.91. The third-order valence-corrected chi connectivity index (χ3v) is 5.20. The molecule has 1 N–H and O–H groups in total. The zero-order chi connectivity index (χ0) is 18.5. The summed E-state index contributed by atoms with van der Waals surface area (Å²) in [5.41, 5.74) is 0.375. The Morgan fingerprint density at radius 3 is 2.35 bits per heavy atom. The molecule has 1 aromatic rings. The van der Waals surface area contributed by atoms with Crippen molar-refractivity contribution in [2.45, 2.75) is 19.3 Å². The zero-order valence-electron chi connectivity index (χ0n) is 14.7. The van der Waals surface area contributed by atoms with Gasteiger partial charge < -0.3 is 15.1 Å². The second kappa shape index (κ2) is 8.68. The van der Waals surface area contributed by atoms with Gasteiger partial charge >= 0.3 is 6.03 Å². The lowest BCUT2D eigenvalue weighted by atomic mass is 10.1. The van der Waals surface area contributed by atoms with Crippen molar-refractivity contribution in [3.05, 3.63) is 29.0 Å². The first-order valence-electron chi connectivity index (χ1n) is 9.04. The number of halogens is 2. The minimum Gasteiger partial charge on any atom is -0.342 e. The fourth-order valence-corrected chi connectivity index (χ4v) is 3.44. The molecule has 6 nitrogen and oxygen atoms in total. The van der Waals surface area contributed by atoms with Crippen molar-refractivity contribution in [3.8, 4) is 0 Å². The maximum absolute atomic E-state index is 13.5. The van der Waals surface area contributed by atoms with Crippen molar-refractivity contribution >= 4 is 29.2 Å². The lowest BCUT2D eigenvalue weighted by Crippen LogP contribution is -2.52. The van der Waals surface area contributed by atoms with Crippen molar-refractivity contribution in [3.63, 3.8) is 0 Å². The van der Waals surface area contributed by atoms with Crippen LogP contribution in [0.4, 0.5) is 14.9 Å². The number of carbonyl (C=O) groups excluding carboxylic acids is 2. The van der Waals surface area contributed by atoms with Crippen molar-refractivity contribution in [2.24, 2.45) is 0 Å². The second-order valence-electron chi connectivity index (χ2n) is 6.76. The number of nitrogens with one attached hydrogen (secondary N) is 1. The molecule has 0 unspecified atom stereocenters. The fourth-order valence-electron chi connectivity index (χ4n) is 3.32. The first-order chi connectivity index (χ1) is 12.5. The third-order valence-electron chi connectivity index (χ3n) is 4.90. The number of rotatable bonds is 3. The van der Waals surface area contributed by atoms with E-state index >= 15 is 0 Å². The Hall–Kier alpha value is -1.86.